The fraction of sp³-hybridized carbons (Fsp3) is 0.480. The largest absolute Gasteiger partial charge is 0.493 e. The molecule has 0 atom stereocenters. The Bertz CT molecular complexity index is 1120. The maximum Gasteiger partial charge on any atom is 0.243 e. The summed E-state index contributed by atoms with van der Waals surface area (Å²) in [6.07, 6.45) is 2.31. The van der Waals surface area contributed by atoms with Gasteiger partial charge in [-0.3, -0.25) is 4.79 Å². The van der Waals surface area contributed by atoms with Crippen LogP contribution < -0.4 is 15.0 Å². The molecule has 2 aliphatic heterocycles. The summed E-state index contributed by atoms with van der Waals surface area (Å²) in [5, 5.41) is 2.94. The number of amides is 1. The lowest BCUT2D eigenvalue weighted by atomic mass is 10.1. The maximum atomic E-state index is 13.2. The Morgan fingerprint density at radius 1 is 1.00 bits per heavy atom. The molecule has 1 N–H and O–H groups in total. The van der Waals surface area contributed by atoms with Crippen LogP contribution >= 0.6 is 0 Å². The van der Waals surface area contributed by atoms with Crippen molar-refractivity contribution in [2.24, 2.45) is 0 Å². The Kier molecular flexibility index (Phi) is 7.75. The van der Waals surface area contributed by atoms with E-state index in [9.17, 15) is 13.2 Å². The fourth-order valence-electron chi connectivity index (χ4n) is 4.22. The Labute approximate surface area is 201 Å². The van der Waals surface area contributed by atoms with Gasteiger partial charge in [-0.2, -0.15) is 4.31 Å². The van der Waals surface area contributed by atoms with Crippen LogP contribution in [0.3, 0.4) is 0 Å². The molecular formula is C25H33N3O5S. The molecule has 2 aromatic rings. The van der Waals surface area contributed by atoms with Crippen molar-refractivity contribution in [2.75, 3.05) is 56.2 Å². The van der Waals surface area contributed by atoms with Crippen LogP contribution in [0.2, 0.25) is 0 Å². The number of hydrogen-bond donors (Lipinski definition) is 1. The molecule has 184 valence electrons. The van der Waals surface area contributed by atoms with Crippen LogP contribution in [0, 0.1) is 13.8 Å². The van der Waals surface area contributed by atoms with E-state index in [4.69, 9.17) is 9.47 Å². The van der Waals surface area contributed by atoms with Gasteiger partial charge in [0.1, 0.15) is 5.75 Å². The highest BCUT2D eigenvalue weighted by atomic mass is 32.2. The Balaban J connectivity index is 1.48. The fourth-order valence-corrected chi connectivity index (χ4v) is 5.66. The van der Waals surface area contributed by atoms with Gasteiger partial charge in [0.25, 0.3) is 0 Å². The van der Waals surface area contributed by atoms with Crippen LogP contribution in [0.25, 0.3) is 0 Å². The Morgan fingerprint density at radius 3 is 2.44 bits per heavy atom. The van der Waals surface area contributed by atoms with Crippen LogP contribution in [0.5, 0.6) is 5.75 Å². The number of anilines is 2. The van der Waals surface area contributed by atoms with Crippen LogP contribution in [0.1, 0.15) is 30.4 Å². The molecule has 0 radical (unpaired) electrons. The van der Waals surface area contributed by atoms with Crippen molar-refractivity contribution in [1.29, 1.82) is 0 Å². The number of sulfonamides is 1. The van der Waals surface area contributed by atoms with Gasteiger partial charge in [-0.1, -0.05) is 6.07 Å². The van der Waals surface area contributed by atoms with E-state index in [-0.39, 0.29) is 23.8 Å². The van der Waals surface area contributed by atoms with E-state index in [2.05, 4.69) is 10.2 Å². The molecule has 8 nitrogen and oxygen atoms in total. The SMILES string of the molecule is Cc1ccc(OCCC(=O)Nc2cc(S(=O)(=O)N3CCOCC3)ccc2N2CCCC2)cc1C. The summed E-state index contributed by atoms with van der Waals surface area (Å²) in [5.74, 6) is 0.512. The van der Waals surface area contributed by atoms with Crippen molar-refractivity contribution in [2.45, 2.75) is 38.0 Å². The molecule has 0 aliphatic carbocycles. The summed E-state index contributed by atoms with van der Waals surface area (Å²) < 4.78 is 38.8. The van der Waals surface area contributed by atoms with Crippen molar-refractivity contribution < 1.29 is 22.7 Å². The molecule has 0 spiro atoms. The highest BCUT2D eigenvalue weighted by Crippen LogP contribution is 2.32. The summed E-state index contributed by atoms with van der Waals surface area (Å²) in [7, 11) is -3.66. The second-order valence-corrected chi connectivity index (χ2v) is 10.7. The van der Waals surface area contributed by atoms with Gasteiger partial charge in [-0.15, -0.1) is 0 Å². The molecule has 2 saturated heterocycles. The van der Waals surface area contributed by atoms with E-state index in [1.54, 1.807) is 18.2 Å². The van der Waals surface area contributed by atoms with Gasteiger partial charge >= 0.3 is 0 Å². The molecule has 2 fully saturated rings. The van der Waals surface area contributed by atoms with E-state index in [1.807, 2.05) is 32.0 Å². The standard InChI is InChI=1S/C25H33N3O5S/c1-19-5-6-21(17-20(19)2)33-14-9-25(29)26-23-18-22(7-8-24(23)27-10-3-4-11-27)34(30,31)28-12-15-32-16-13-28/h5-8,17-18H,3-4,9-16H2,1-2H3,(H,26,29). The van der Waals surface area contributed by atoms with Crippen LogP contribution in [-0.4, -0.2) is 64.6 Å². The van der Waals surface area contributed by atoms with E-state index in [0.29, 0.717) is 32.0 Å². The molecule has 2 heterocycles. The van der Waals surface area contributed by atoms with E-state index in [0.717, 1.165) is 42.9 Å². The average Bonchev–Trinajstić information content (AvgIpc) is 3.37. The van der Waals surface area contributed by atoms with Gasteiger partial charge < -0.3 is 19.7 Å². The van der Waals surface area contributed by atoms with Crippen LogP contribution in [0.4, 0.5) is 11.4 Å². The molecule has 34 heavy (non-hydrogen) atoms. The summed E-state index contributed by atoms with van der Waals surface area (Å²) in [5.41, 5.74) is 3.69. The minimum atomic E-state index is -3.66. The molecule has 2 aromatic carbocycles. The molecule has 9 heteroatoms. The second-order valence-electron chi connectivity index (χ2n) is 8.78. The second kappa shape index (κ2) is 10.8. The zero-order chi connectivity index (χ0) is 24.1. The van der Waals surface area contributed by atoms with Gasteiger partial charge in [0.2, 0.25) is 15.9 Å². The highest BCUT2D eigenvalue weighted by Gasteiger charge is 2.28. The summed E-state index contributed by atoms with van der Waals surface area (Å²) in [6.45, 7) is 7.48. The molecule has 0 unspecified atom stereocenters. The Hall–Kier alpha value is -2.62. The molecule has 0 saturated carbocycles. The lowest BCUT2D eigenvalue weighted by Gasteiger charge is -2.27. The third kappa shape index (κ3) is 5.71. The summed E-state index contributed by atoms with van der Waals surface area (Å²) in [6, 6.07) is 10.9. The van der Waals surface area contributed by atoms with Crippen molar-refractivity contribution in [3.8, 4) is 5.75 Å². The molecule has 0 aromatic heterocycles. The number of rotatable bonds is 8. The molecule has 0 bridgehead atoms. The zero-order valence-corrected chi connectivity index (χ0v) is 20.7. The molecule has 1 amide bonds. The first-order valence-corrected chi connectivity index (χ1v) is 13.3. The first-order chi connectivity index (χ1) is 16.3. The number of nitrogens with zero attached hydrogens (tertiary/aromatic N) is 2. The maximum absolute atomic E-state index is 13.2. The van der Waals surface area contributed by atoms with Crippen LogP contribution in [-0.2, 0) is 19.6 Å². The van der Waals surface area contributed by atoms with Crippen molar-refractivity contribution in [1.82, 2.24) is 4.31 Å². The minimum absolute atomic E-state index is 0.160. The topological polar surface area (TPSA) is 88.2 Å². The van der Waals surface area contributed by atoms with Crippen LogP contribution in [0.15, 0.2) is 41.3 Å². The van der Waals surface area contributed by atoms with Gasteiger partial charge in [-0.25, -0.2) is 8.42 Å². The number of hydrogen-bond acceptors (Lipinski definition) is 6. The Morgan fingerprint density at radius 2 is 1.74 bits per heavy atom. The van der Waals surface area contributed by atoms with E-state index >= 15 is 0 Å². The van der Waals surface area contributed by atoms with Gasteiger partial charge in [0.15, 0.2) is 0 Å². The zero-order valence-electron chi connectivity index (χ0n) is 19.9. The predicted octanol–water partition coefficient (Wildman–Crippen LogP) is 3.33. The number of carbonyl (C=O) groups is 1. The van der Waals surface area contributed by atoms with Gasteiger partial charge in [-0.05, 0) is 68.1 Å². The predicted molar refractivity (Wildman–Crippen MR) is 132 cm³/mol. The van der Waals surface area contributed by atoms with Crippen molar-refractivity contribution >= 4 is 27.3 Å². The number of morpholine rings is 1. The number of nitrogens with one attached hydrogen (secondary N) is 1. The lowest BCUT2D eigenvalue weighted by Crippen LogP contribution is -2.40. The first-order valence-electron chi connectivity index (χ1n) is 11.8. The minimum Gasteiger partial charge on any atom is -0.493 e. The lowest BCUT2D eigenvalue weighted by molar-refractivity contribution is -0.116. The highest BCUT2D eigenvalue weighted by molar-refractivity contribution is 7.89. The smallest absolute Gasteiger partial charge is 0.243 e. The quantitative estimate of drug-likeness (QED) is 0.615. The van der Waals surface area contributed by atoms with Gasteiger partial charge in [0.05, 0.1) is 42.5 Å². The number of benzene rings is 2. The summed E-state index contributed by atoms with van der Waals surface area (Å²) in [4.78, 5) is 15.1. The van der Waals surface area contributed by atoms with E-state index in [1.165, 1.54) is 9.87 Å². The normalized spacial score (nSPS) is 17.1. The third-order valence-electron chi connectivity index (χ3n) is 6.37. The van der Waals surface area contributed by atoms with Crippen molar-refractivity contribution in [3.05, 3.63) is 47.5 Å². The summed E-state index contributed by atoms with van der Waals surface area (Å²) >= 11 is 0. The molecule has 2 aliphatic rings. The number of ether oxygens (including phenoxy) is 2. The molecular weight excluding hydrogens is 454 g/mol. The van der Waals surface area contributed by atoms with E-state index < -0.39 is 10.0 Å². The number of carbonyl (C=O) groups excluding carboxylic acids is 1. The average molecular weight is 488 g/mol. The van der Waals surface area contributed by atoms with Gasteiger partial charge in [0, 0.05) is 26.2 Å². The first kappa shape index (κ1) is 24.5. The molecule has 4 rings (SSSR count). The third-order valence-corrected chi connectivity index (χ3v) is 8.27. The monoisotopic (exact) mass is 487 g/mol. The number of aryl methyl sites for hydroxylation is 2. The van der Waals surface area contributed by atoms with Crippen molar-refractivity contribution in [3.63, 3.8) is 0 Å².